The van der Waals surface area contributed by atoms with E-state index >= 15 is 0 Å². The predicted octanol–water partition coefficient (Wildman–Crippen LogP) is 4.45. The maximum absolute atomic E-state index is 13.2. The van der Waals surface area contributed by atoms with Crippen LogP contribution in [0.4, 0.5) is 15.8 Å². The number of carbonyl (C=O) groups excluding carboxylic acids is 1. The fourth-order valence-corrected chi connectivity index (χ4v) is 6.71. The minimum Gasteiger partial charge on any atom is -0.496 e. The van der Waals surface area contributed by atoms with Crippen LogP contribution in [0.1, 0.15) is 36.0 Å². The summed E-state index contributed by atoms with van der Waals surface area (Å²) in [5.74, 6) is -0.912. The molecule has 0 bridgehead atoms. The summed E-state index contributed by atoms with van der Waals surface area (Å²) in [5, 5.41) is 2.65. The predicted molar refractivity (Wildman–Crippen MR) is 142 cm³/mol. The molecule has 2 N–H and O–H groups in total. The largest absolute Gasteiger partial charge is 0.496 e. The number of methoxy groups -OCH3 is 1. The van der Waals surface area contributed by atoms with Gasteiger partial charge >= 0.3 is 0 Å². The number of sulfonamides is 2. The van der Waals surface area contributed by atoms with Crippen molar-refractivity contribution in [2.75, 3.05) is 30.2 Å². The summed E-state index contributed by atoms with van der Waals surface area (Å²) in [7, 11) is -6.35. The Kier molecular flexibility index (Phi) is 8.34. The molecule has 0 atom stereocenters. The standard InChI is InChI=1S/C26H28FN3O6S2/c1-36-25-15-14-23(38(34,35)30-16-4-2-3-5-17-30)18-24(25)26(31)28-20-10-12-22(13-11-20)37(32,33)29-21-8-6-19(27)7-9-21/h6-15,18,29H,2-5,16-17H2,1H3,(H,28,31). The quantitative estimate of drug-likeness (QED) is 0.419. The highest BCUT2D eigenvalue weighted by atomic mass is 32.2. The Balaban J connectivity index is 1.52. The third-order valence-electron chi connectivity index (χ3n) is 6.14. The number of ether oxygens (including phenoxy) is 1. The van der Waals surface area contributed by atoms with Crippen molar-refractivity contribution in [2.24, 2.45) is 0 Å². The Labute approximate surface area is 221 Å². The number of nitrogens with one attached hydrogen (secondary N) is 2. The maximum atomic E-state index is 13.2. The molecule has 0 aliphatic carbocycles. The molecule has 1 amide bonds. The molecule has 0 radical (unpaired) electrons. The molecule has 0 saturated carbocycles. The molecule has 4 rings (SSSR count). The molecule has 3 aromatic rings. The summed E-state index contributed by atoms with van der Waals surface area (Å²) >= 11 is 0. The van der Waals surface area contributed by atoms with Gasteiger partial charge in [-0.25, -0.2) is 21.2 Å². The number of hydrogen-bond donors (Lipinski definition) is 2. The van der Waals surface area contributed by atoms with Crippen LogP contribution >= 0.6 is 0 Å². The Morgan fingerprint density at radius 3 is 2.00 bits per heavy atom. The first-order valence-electron chi connectivity index (χ1n) is 12.0. The van der Waals surface area contributed by atoms with E-state index in [-0.39, 0.29) is 26.8 Å². The number of rotatable bonds is 8. The van der Waals surface area contributed by atoms with E-state index in [9.17, 15) is 26.0 Å². The van der Waals surface area contributed by atoms with Crippen molar-refractivity contribution < 1.29 is 30.8 Å². The van der Waals surface area contributed by atoms with Gasteiger partial charge in [0.15, 0.2) is 0 Å². The summed E-state index contributed by atoms with van der Waals surface area (Å²) in [5.41, 5.74) is 0.516. The molecule has 3 aromatic carbocycles. The first-order valence-corrected chi connectivity index (χ1v) is 14.9. The normalized spacial score (nSPS) is 14.9. The fraction of sp³-hybridized carbons (Fsp3) is 0.269. The molecule has 9 nitrogen and oxygen atoms in total. The first-order chi connectivity index (χ1) is 18.1. The molecule has 12 heteroatoms. The van der Waals surface area contributed by atoms with Crippen LogP contribution in [0.25, 0.3) is 0 Å². The monoisotopic (exact) mass is 561 g/mol. The zero-order valence-electron chi connectivity index (χ0n) is 20.7. The molecule has 1 heterocycles. The van der Waals surface area contributed by atoms with E-state index in [0.717, 1.165) is 37.8 Å². The summed E-state index contributed by atoms with van der Waals surface area (Å²) in [6.07, 6.45) is 3.52. The van der Waals surface area contributed by atoms with Gasteiger partial charge in [0.1, 0.15) is 11.6 Å². The maximum Gasteiger partial charge on any atom is 0.261 e. The van der Waals surface area contributed by atoms with Crippen LogP contribution in [-0.4, -0.2) is 47.2 Å². The zero-order chi connectivity index (χ0) is 27.3. The van der Waals surface area contributed by atoms with Crippen molar-refractivity contribution in [3.8, 4) is 5.75 Å². The lowest BCUT2D eigenvalue weighted by Gasteiger charge is -2.20. The fourth-order valence-electron chi connectivity index (χ4n) is 4.10. The van der Waals surface area contributed by atoms with Crippen LogP contribution in [-0.2, 0) is 20.0 Å². The van der Waals surface area contributed by atoms with Gasteiger partial charge in [-0.2, -0.15) is 4.31 Å². The SMILES string of the molecule is COc1ccc(S(=O)(=O)N2CCCCCC2)cc1C(=O)Nc1ccc(S(=O)(=O)Nc2ccc(F)cc2)cc1. The van der Waals surface area contributed by atoms with Crippen LogP contribution in [0.15, 0.2) is 76.5 Å². The Hall–Kier alpha value is -3.48. The third-order valence-corrected chi connectivity index (χ3v) is 9.43. The van der Waals surface area contributed by atoms with Crippen LogP contribution in [0, 0.1) is 5.82 Å². The van der Waals surface area contributed by atoms with Crippen molar-refractivity contribution in [3.63, 3.8) is 0 Å². The van der Waals surface area contributed by atoms with Crippen LogP contribution in [0.3, 0.4) is 0 Å². The van der Waals surface area contributed by atoms with Crippen molar-refractivity contribution >= 4 is 37.3 Å². The van der Waals surface area contributed by atoms with Gasteiger partial charge in [0.25, 0.3) is 15.9 Å². The lowest BCUT2D eigenvalue weighted by atomic mass is 10.2. The lowest BCUT2D eigenvalue weighted by molar-refractivity contribution is 0.102. The van der Waals surface area contributed by atoms with E-state index in [4.69, 9.17) is 4.74 Å². The minimum absolute atomic E-state index is 0.00124. The summed E-state index contributed by atoms with van der Waals surface area (Å²) in [4.78, 5) is 13.0. The topological polar surface area (TPSA) is 122 Å². The van der Waals surface area contributed by atoms with Gasteiger partial charge in [-0.15, -0.1) is 0 Å². The average Bonchev–Trinajstić information content (AvgIpc) is 3.20. The molecule has 1 aliphatic rings. The molecule has 0 aromatic heterocycles. The Morgan fingerprint density at radius 2 is 1.39 bits per heavy atom. The molecule has 1 fully saturated rings. The number of amides is 1. The van der Waals surface area contributed by atoms with Gasteiger partial charge < -0.3 is 10.1 Å². The van der Waals surface area contributed by atoms with Crippen LogP contribution < -0.4 is 14.8 Å². The van der Waals surface area contributed by atoms with E-state index in [2.05, 4.69) is 10.0 Å². The van der Waals surface area contributed by atoms with Gasteiger partial charge in [-0.05, 0) is 79.6 Å². The summed E-state index contributed by atoms with van der Waals surface area (Å²) in [6.45, 7) is 0.863. The van der Waals surface area contributed by atoms with Crippen LogP contribution in [0.2, 0.25) is 0 Å². The molecule has 0 unspecified atom stereocenters. The highest BCUT2D eigenvalue weighted by Gasteiger charge is 2.27. The Bertz CT molecular complexity index is 1500. The average molecular weight is 562 g/mol. The van der Waals surface area contributed by atoms with Gasteiger partial charge in [-0.3, -0.25) is 9.52 Å². The van der Waals surface area contributed by atoms with E-state index in [0.29, 0.717) is 18.8 Å². The number of benzene rings is 3. The van der Waals surface area contributed by atoms with Crippen molar-refractivity contribution in [1.29, 1.82) is 0 Å². The summed E-state index contributed by atoms with van der Waals surface area (Å²) in [6, 6.07) is 14.4. The second kappa shape index (κ2) is 11.5. The molecule has 202 valence electrons. The number of halogens is 1. The van der Waals surface area contributed by atoms with Crippen molar-refractivity contribution in [2.45, 2.75) is 35.5 Å². The van der Waals surface area contributed by atoms with E-state index < -0.39 is 31.8 Å². The number of anilines is 2. The van der Waals surface area contributed by atoms with Crippen molar-refractivity contribution in [3.05, 3.63) is 78.1 Å². The molecule has 1 saturated heterocycles. The van der Waals surface area contributed by atoms with Gasteiger partial charge in [0.05, 0.1) is 22.5 Å². The zero-order valence-corrected chi connectivity index (χ0v) is 22.3. The minimum atomic E-state index is -3.95. The first kappa shape index (κ1) is 27.6. The second-order valence-electron chi connectivity index (χ2n) is 8.77. The van der Waals surface area contributed by atoms with Gasteiger partial charge in [0, 0.05) is 24.5 Å². The van der Waals surface area contributed by atoms with Gasteiger partial charge in [0.2, 0.25) is 10.0 Å². The number of carbonyl (C=O) groups is 1. The smallest absolute Gasteiger partial charge is 0.261 e. The molecule has 0 spiro atoms. The number of nitrogens with zero attached hydrogens (tertiary/aromatic N) is 1. The van der Waals surface area contributed by atoms with E-state index in [1.54, 1.807) is 0 Å². The second-order valence-corrected chi connectivity index (χ2v) is 12.4. The van der Waals surface area contributed by atoms with Crippen LogP contribution in [0.5, 0.6) is 5.75 Å². The highest BCUT2D eigenvalue weighted by molar-refractivity contribution is 7.92. The van der Waals surface area contributed by atoms with Crippen molar-refractivity contribution in [1.82, 2.24) is 4.31 Å². The highest BCUT2D eigenvalue weighted by Crippen LogP contribution is 2.27. The number of hydrogen-bond acceptors (Lipinski definition) is 6. The molecular formula is C26H28FN3O6S2. The third kappa shape index (κ3) is 6.32. The molecule has 38 heavy (non-hydrogen) atoms. The molecule has 1 aliphatic heterocycles. The van der Waals surface area contributed by atoms with E-state index in [1.807, 2.05) is 0 Å². The van der Waals surface area contributed by atoms with Gasteiger partial charge in [-0.1, -0.05) is 12.8 Å². The summed E-state index contributed by atoms with van der Waals surface area (Å²) < 4.78 is 73.9. The van der Waals surface area contributed by atoms with E-state index in [1.165, 1.54) is 66.0 Å². The molecular weight excluding hydrogens is 533 g/mol. The lowest BCUT2D eigenvalue weighted by Crippen LogP contribution is -2.32. The Morgan fingerprint density at radius 1 is 0.816 bits per heavy atom.